The van der Waals surface area contributed by atoms with Crippen LogP contribution in [-0.2, 0) is 6.54 Å². The number of piperazine rings is 1. The van der Waals surface area contributed by atoms with Gasteiger partial charge in [0.15, 0.2) is 0 Å². The Morgan fingerprint density at radius 1 is 1.08 bits per heavy atom. The first kappa shape index (κ1) is 15.8. The van der Waals surface area contributed by atoms with Crippen molar-refractivity contribution in [2.75, 3.05) is 31.1 Å². The van der Waals surface area contributed by atoms with E-state index in [1.54, 1.807) is 12.1 Å². The fraction of sp³-hybridized carbons (Fsp3) is 0.444. The molecule has 0 bridgehead atoms. The Morgan fingerprint density at radius 2 is 1.88 bits per heavy atom. The second-order valence-electron chi connectivity index (χ2n) is 6.57. The lowest BCUT2D eigenvalue weighted by molar-refractivity contribution is 0.249. The highest BCUT2D eigenvalue weighted by Crippen LogP contribution is 2.39. The average molecular weight is 347 g/mol. The summed E-state index contributed by atoms with van der Waals surface area (Å²) in [4.78, 5) is 13.7. The van der Waals surface area contributed by atoms with Crippen LogP contribution in [0.1, 0.15) is 30.1 Å². The molecule has 0 amide bonds. The van der Waals surface area contributed by atoms with Crippen LogP contribution in [0.25, 0.3) is 0 Å². The zero-order valence-electron chi connectivity index (χ0n) is 13.5. The van der Waals surface area contributed by atoms with Crippen LogP contribution in [-0.4, -0.2) is 41.0 Å². The van der Waals surface area contributed by atoms with Crippen LogP contribution in [0.2, 0.25) is 5.15 Å². The molecule has 24 heavy (non-hydrogen) atoms. The van der Waals surface area contributed by atoms with Gasteiger partial charge in [0, 0.05) is 44.7 Å². The van der Waals surface area contributed by atoms with Gasteiger partial charge in [-0.05, 0) is 30.5 Å². The van der Waals surface area contributed by atoms with Crippen LogP contribution in [0.4, 0.5) is 10.2 Å². The maximum atomic E-state index is 13.3. The predicted molar refractivity (Wildman–Crippen MR) is 92.9 cm³/mol. The first-order chi connectivity index (χ1) is 11.7. The summed E-state index contributed by atoms with van der Waals surface area (Å²) in [5.41, 5.74) is 1.02. The minimum Gasteiger partial charge on any atom is -0.354 e. The van der Waals surface area contributed by atoms with Crippen LogP contribution in [0.5, 0.6) is 0 Å². The number of anilines is 1. The highest BCUT2D eigenvalue weighted by atomic mass is 35.5. The Morgan fingerprint density at radius 3 is 2.58 bits per heavy atom. The van der Waals surface area contributed by atoms with E-state index < -0.39 is 0 Å². The number of hydrogen-bond acceptors (Lipinski definition) is 4. The molecule has 1 saturated carbocycles. The van der Waals surface area contributed by atoms with Crippen molar-refractivity contribution in [2.24, 2.45) is 0 Å². The Kier molecular flexibility index (Phi) is 4.37. The monoisotopic (exact) mass is 346 g/mol. The molecule has 0 atom stereocenters. The fourth-order valence-electron chi connectivity index (χ4n) is 3.14. The molecule has 2 fully saturated rings. The minimum atomic E-state index is -0.172. The van der Waals surface area contributed by atoms with E-state index >= 15 is 0 Å². The highest BCUT2D eigenvalue weighted by molar-refractivity contribution is 6.29. The van der Waals surface area contributed by atoms with Gasteiger partial charge in [0.05, 0.1) is 0 Å². The summed E-state index contributed by atoms with van der Waals surface area (Å²) in [6.07, 6.45) is 2.34. The topological polar surface area (TPSA) is 32.3 Å². The lowest BCUT2D eigenvalue weighted by atomic mass is 10.2. The van der Waals surface area contributed by atoms with Crippen molar-refractivity contribution >= 4 is 17.4 Å². The van der Waals surface area contributed by atoms with Crippen molar-refractivity contribution in [3.05, 3.63) is 52.7 Å². The van der Waals surface area contributed by atoms with E-state index in [1.807, 2.05) is 12.1 Å². The average Bonchev–Trinajstić information content (AvgIpc) is 3.40. The molecule has 1 aliphatic carbocycles. The normalized spacial score (nSPS) is 18.8. The van der Waals surface area contributed by atoms with Gasteiger partial charge in [0.1, 0.15) is 22.6 Å². The zero-order valence-corrected chi connectivity index (χ0v) is 14.2. The molecule has 0 radical (unpaired) electrons. The third-order valence-electron chi connectivity index (χ3n) is 4.63. The fourth-order valence-corrected chi connectivity index (χ4v) is 3.32. The minimum absolute atomic E-state index is 0.172. The quantitative estimate of drug-likeness (QED) is 0.793. The van der Waals surface area contributed by atoms with Crippen LogP contribution >= 0.6 is 11.6 Å². The number of rotatable bonds is 4. The molecule has 1 aliphatic heterocycles. The van der Waals surface area contributed by atoms with Gasteiger partial charge in [0.25, 0.3) is 0 Å². The summed E-state index contributed by atoms with van der Waals surface area (Å²) in [7, 11) is 0. The summed E-state index contributed by atoms with van der Waals surface area (Å²) in [6.45, 7) is 4.43. The number of aromatic nitrogens is 2. The van der Waals surface area contributed by atoms with E-state index in [0.717, 1.165) is 49.9 Å². The Labute approximate surface area is 146 Å². The molecule has 0 unspecified atom stereocenters. The third kappa shape index (κ3) is 3.68. The molecule has 6 heteroatoms. The van der Waals surface area contributed by atoms with Gasteiger partial charge < -0.3 is 4.90 Å². The first-order valence-corrected chi connectivity index (χ1v) is 8.81. The highest BCUT2D eigenvalue weighted by Gasteiger charge is 2.28. The molecule has 4 rings (SSSR count). The standard InChI is InChI=1S/C18H20ClFN4/c19-16-11-17(22-18(21-16)14-4-5-14)24-8-6-23(7-9-24)12-13-2-1-3-15(20)10-13/h1-3,10-11,14H,4-9,12H2. The van der Waals surface area contributed by atoms with Crippen molar-refractivity contribution in [2.45, 2.75) is 25.3 Å². The molecular formula is C18H20ClFN4. The summed E-state index contributed by atoms with van der Waals surface area (Å²) < 4.78 is 13.3. The number of halogens is 2. The number of benzene rings is 1. The van der Waals surface area contributed by atoms with E-state index in [1.165, 1.54) is 18.9 Å². The van der Waals surface area contributed by atoms with Gasteiger partial charge >= 0.3 is 0 Å². The smallest absolute Gasteiger partial charge is 0.135 e. The van der Waals surface area contributed by atoms with Crippen molar-refractivity contribution in [3.8, 4) is 0 Å². The van der Waals surface area contributed by atoms with Crippen molar-refractivity contribution < 1.29 is 4.39 Å². The van der Waals surface area contributed by atoms with E-state index in [9.17, 15) is 4.39 Å². The number of hydrogen-bond donors (Lipinski definition) is 0. The third-order valence-corrected chi connectivity index (χ3v) is 4.83. The second kappa shape index (κ2) is 6.65. The van der Waals surface area contributed by atoms with Crippen LogP contribution in [0.15, 0.2) is 30.3 Å². The summed E-state index contributed by atoms with van der Waals surface area (Å²) in [5.74, 6) is 2.15. The lowest BCUT2D eigenvalue weighted by Crippen LogP contribution is -2.46. The number of nitrogens with zero attached hydrogens (tertiary/aromatic N) is 4. The maximum absolute atomic E-state index is 13.3. The second-order valence-corrected chi connectivity index (χ2v) is 6.96. The Hall–Kier alpha value is -1.72. The molecule has 1 saturated heterocycles. The lowest BCUT2D eigenvalue weighted by Gasteiger charge is -2.35. The van der Waals surface area contributed by atoms with Crippen LogP contribution in [0.3, 0.4) is 0 Å². The van der Waals surface area contributed by atoms with Crippen LogP contribution < -0.4 is 4.90 Å². The van der Waals surface area contributed by atoms with Gasteiger partial charge in [-0.3, -0.25) is 4.90 Å². The predicted octanol–water partition coefficient (Wildman–Crippen LogP) is 3.47. The molecule has 0 N–H and O–H groups in total. The summed E-state index contributed by atoms with van der Waals surface area (Å²) >= 11 is 6.17. The van der Waals surface area contributed by atoms with Gasteiger partial charge in [-0.1, -0.05) is 23.7 Å². The SMILES string of the molecule is Fc1cccc(CN2CCN(c3cc(Cl)nc(C4CC4)n3)CC2)c1. The summed E-state index contributed by atoms with van der Waals surface area (Å²) in [5, 5.41) is 0.532. The molecule has 2 heterocycles. The van der Waals surface area contributed by atoms with Crippen molar-refractivity contribution in [3.63, 3.8) is 0 Å². The first-order valence-electron chi connectivity index (χ1n) is 8.43. The van der Waals surface area contributed by atoms with E-state index in [2.05, 4.69) is 14.8 Å². The molecule has 2 aliphatic rings. The molecular weight excluding hydrogens is 327 g/mol. The van der Waals surface area contributed by atoms with Gasteiger partial charge in [-0.25, -0.2) is 14.4 Å². The zero-order chi connectivity index (χ0) is 16.5. The van der Waals surface area contributed by atoms with Gasteiger partial charge in [-0.2, -0.15) is 0 Å². The Bertz CT molecular complexity index is 727. The molecule has 4 nitrogen and oxygen atoms in total. The van der Waals surface area contributed by atoms with Crippen LogP contribution in [0, 0.1) is 5.82 Å². The molecule has 1 aromatic carbocycles. The van der Waals surface area contributed by atoms with E-state index in [0.29, 0.717) is 11.1 Å². The molecule has 0 spiro atoms. The van der Waals surface area contributed by atoms with Gasteiger partial charge in [-0.15, -0.1) is 0 Å². The van der Waals surface area contributed by atoms with Crippen molar-refractivity contribution in [1.82, 2.24) is 14.9 Å². The Balaban J connectivity index is 1.39. The molecule has 126 valence electrons. The maximum Gasteiger partial charge on any atom is 0.135 e. The largest absolute Gasteiger partial charge is 0.354 e. The summed E-state index contributed by atoms with van der Waals surface area (Å²) in [6, 6.07) is 8.69. The van der Waals surface area contributed by atoms with Crippen molar-refractivity contribution in [1.29, 1.82) is 0 Å². The van der Waals surface area contributed by atoms with E-state index in [4.69, 9.17) is 16.6 Å². The molecule has 2 aromatic rings. The van der Waals surface area contributed by atoms with Gasteiger partial charge in [0.2, 0.25) is 0 Å². The van der Waals surface area contributed by atoms with E-state index in [-0.39, 0.29) is 5.82 Å². The molecule has 1 aromatic heterocycles.